The van der Waals surface area contributed by atoms with Crippen LogP contribution in [0.15, 0.2) is 36.5 Å². The first kappa shape index (κ1) is 26.8. The molecule has 2 aromatic carbocycles. The molecule has 0 unspecified atom stereocenters. The van der Waals surface area contributed by atoms with Gasteiger partial charge in [-0.15, -0.1) is 11.0 Å². The van der Waals surface area contributed by atoms with Crippen LogP contribution in [0.4, 0.5) is 5.69 Å². The number of nitro groups is 1. The molecule has 1 aliphatic carbocycles. The van der Waals surface area contributed by atoms with Crippen LogP contribution in [-0.2, 0) is 24.1 Å². The van der Waals surface area contributed by atoms with E-state index in [-0.39, 0.29) is 43.7 Å². The molecule has 4 aromatic rings. The predicted molar refractivity (Wildman–Crippen MR) is 122 cm³/mol. The second-order valence-electron chi connectivity index (χ2n) is 7.49. The zero-order chi connectivity index (χ0) is 22.8. The Morgan fingerprint density at radius 2 is 1.62 bits per heavy atom. The Kier molecular flexibility index (Phi) is 8.76. The van der Waals surface area contributed by atoms with E-state index in [1.54, 1.807) is 24.4 Å². The van der Waals surface area contributed by atoms with Crippen molar-refractivity contribution in [2.75, 3.05) is 0 Å². The van der Waals surface area contributed by atoms with Crippen LogP contribution in [0.1, 0.15) is 52.8 Å². The minimum atomic E-state index is -0.504. The number of non-ortho nitro benzene ring substituents is 1. The largest absolute Gasteiger partial charge is 2.00 e. The van der Waals surface area contributed by atoms with Gasteiger partial charge in [-0.25, -0.2) is 0 Å². The number of carbonyl (C=O) groups is 2. The summed E-state index contributed by atoms with van der Waals surface area (Å²) in [4.78, 5) is 43.9. The van der Waals surface area contributed by atoms with Gasteiger partial charge in [-0.3, -0.25) is 30.0 Å². The SMILES string of the molecule is C1CCCC1.O=C1NC(=O)c2c1c1cccnc1c1[n-]c3cc([N+](=O)[O-])ccc3c21.[C-]#[O+].[CH3-].[Ru+2]. The number of hydrogen-bond donors (Lipinski definition) is 1. The second kappa shape index (κ2) is 11.1. The molecule has 9 nitrogen and oxygen atoms in total. The van der Waals surface area contributed by atoms with Crippen molar-refractivity contribution in [1.82, 2.24) is 15.3 Å². The average molecular weight is 546 g/mol. The molecule has 1 fully saturated rings. The maximum absolute atomic E-state index is 12.4. The van der Waals surface area contributed by atoms with Crippen molar-refractivity contribution in [3.05, 3.63) is 71.8 Å². The van der Waals surface area contributed by atoms with E-state index in [0.29, 0.717) is 32.7 Å². The zero-order valence-electron chi connectivity index (χ0n) is 18.2. The number of nitrogens with zero attached hydrogens (tertiary/aromatic N) is 3. The molecule has 3 heterocycles. The van der Waals surface area contributed by atoms with Gasteiger partial charge < -0.3 is 12.4 Å². The minimum Gasteiger partial charge on any atom is -0.358 e. The number of hydrogen-bond acceptors (Lipinski definition) is 5. The number of amides is 2. The molecular weight excluding hydrogens is 525 g/mol. The third kappa shape index (κ3) is 4.48. The van der Waals surface area contributed by atoms with Crippen LogP contribution in [0.25, 0.3) is 32.7 Å². The molecule has 174 valence electrons. The number of pyridine rings is 1. The number of rotatable bonds is 1. The molecule has 0 radical (unpaired) electrons. The van der Waals surface area contributed by atoms with Gasteiger partial charge in [-0.2, -0.15) is 0 Å². The van der Waals surface area contributed by atoms with Crippen molar-refractivity contribution in [2.45, 2.75) is 32.1 Å². The molecule has 6 rings (SSSR count). The summed E-state index contributed by atoms with van der Waals surface area (Å²) in [5.41, 5.74) is 1.75. The first-order valence-corrected chi connectivity index (χ1v) is 10.1. The summed E-state index contributed by atoms with van der Waals surface area (Å²) in [5.74, 6) is -0.973. The number of carbonyl (C=O) groups excluding carboxylic acids is 2. The predicted octanol–water partition coefficient (Wildman–Crippen LogP) is 4.65. The Balaban J connectivity index is 0.000000400. The third-order valence-corrected chi connectivity index (χ3v) is 5.66. The van der Waals surface area contributed by atoms with E-state index < -0.39 is 16.7 Å². The van der Waals surface area contributed by atoms with Gasteiger partial charge in [-0.1, -0.05) is 38.2 Å². The van der Waals surface area contributed by atoms with Gasteiger partial charge >= 0.3 is 30.8 Å². The van der Waals surface area contributed by atoms with E-state index in [4.69, 9.17) is 4.65 Å². The Labute approximate surface area is 207 Å². The summed E-state index contributed by atoms with van der Waals surface area (Å²) < 4.78 is 7.50. The van der Waals surface area contributed by atoms with E-state index in [2.05, 4.69) is 21.9 Å². The van der Waals surface area contributed by atoms with Gasteiger partial charge in [0, 0.05) is 23.7 Å². The van der Waals surface area contributed by atoms with Gasteiger partial charge in [0.05, 0.1) is 21.6 Å². The number of nitrogens with one attached hydrogen (secondary N) is 1. The molecule has 2 amide bonds. The normalized spacial score (nSPS) is 13.6. The first-order chi connectivity index (χ1) is 15.6. The van der Waals surface area contributed by atoms with E-state index >= 15 is 0 Å². The number of nitro benzene ring substituents is 1. The van der Waals surface area contributed by atoms with Gasteiger partial charge in [-0.05, 0) is 22.9 Å². The van der Waals surface area contributed by atoms with Crippen LogP contribution >= 0.6 is 0 Å². The van der Waals surface area contributed by atoms with Crippen molar-refractivity contribution in [1.29, 1.82) is 0 Å². The fourth-order valence-electron chi connectivity index (χ4n) is 4.30. The van der Waals surface area contributed by atoms with E-state index in [1.807, 2.05) is 0 Å². The van der Waals surface area contributed by atoms with Crippen LogP contribution < -0.4 is 10.3 Å². The number of benzene rings is 2. The van der Waals surface area contributed by atoms with Crippen LogP contribution in [0.5, 0.6) is 0 Å². The molecule has 0 bridgehead atoms. The van der Waals surface area contributed by atoms with Crippen LogP contribution in [0.3, 0.4) is 0 Å². The Hall–Kier alpha value is -3.45. The molecule has 34 heavy (non-hydrogen) atoms. The topological polar surface area (TPSA) is 136 Å². The van der Waals surface area contributed by atoms with Crippen molar-refractivity contribution in [2.24, 2.45) is 0 Å². The fraction of sp³-hybridized carbons (Fsp3) is 0.208. The van der Waals surface area contributed by atoms with Crippen LogP contribution in [-0.4, -0.2) is 21.7 Å². The molecule has 2 aromatic heterocycles. The standard InChI is InChI=1S/C17H8N4O4.C5H10.CO.CH3.Ru/c22-16-12-9-2-1-5-18-14(9)15-11(13(12)17(23)20-16)8-4-3-7(21(24)25)6-10(8)19-15;1-2-4-5-3-1;1-2;;/h1-6H,(H2,18,19,20,22,23);1-5H2;;1H3;/q;;;-1;+2/p-1. The Morgan fingerprint density at radius 3 is 2.24 bits per heavy atom. The van der Waals surface area contributed by atoms with Gasteiger partial charge in [0.25, 0.3) is 17.5 Å². The monoisotopic (exact) mass is 546 g/mol. The second-order valence-corrected chi connectivity index (χ2v) is 7.49. The summed E-state index contributed by atoms with van der Waals surface area (Å²) in [5, 5.41) is 14.9. The maximum Gasteiger partial charge on any atom is 2.00 e. The quantitative estimate of drug-likeness (QED) is 0.0923. The van der Waals surface area contributed by atoms with E-state index in [0.717, 1.165) is 0 Å². The summed E-state index contributed by atoms with van der Waals surface area (Å²) in [6.07, 6.45) is 9.07. The molecule has 1 N–H and O–H groups in total. The Bertz CT molecular complexity index is 1420. The van der Waals surface area contributed by atoms with Crippen molar-refractivity contribution < 1.29 is 38.6 Å². The summed E-state index contributed by atoms with van der Waals surface area (Å²) in [7, 11) is 0. The summed E-state index contributed by atoms with van der Waals surface area (Å²) in [6, 6.07) is 7.64. The van der Waals surface area contributed by atoms with Crippen molar-refractivity contribution in [3.63, 3.8) is 0 Å². The Morgan fingerprint density at radius 1 is 1.00 bits per heavy atom. The summed E-state index contributed by atoms with van der Waals surface area (Å²) in [6.45, 7) is 4.50. The van der Waals surface area contributed by atoms with Gasteiger partial charge in [0.15, 0.2) is 0 Å². The molecule has 0 atom stereocenters. The number of imide groups is 1. The van der Waals surface area contributed by atoms with E-state index in [1.165, 1.54) is 44.2 Å². The molecule has 0 spiro atoms. The molecule has 10 heteroatoms. The number of aromatic nitrogens is 2. The number of fused-ring (bicyclic) bond motifs is 8. The van der Waals surface area contributed by atoms with Crippen LogP contribution in [0, 0.1) is 24.2 Å². The zero-order valence-corrected chi connectivity index (χ0v) is 20.0. The van der Waals surface area contributed by atoms with Crippen LogP contribution in [0.2, 0.25) is 0 Å². The molecule has 0 saturated heterocycles. The molecule has 1 saturated carbocycles. The van der Waals surface area contributed by atoms with Gasteiger partial charge in [0.1, 0.15) is 0 Å². The third-order valence-electron chi connectivity index (χ3n) is 5.66. The minimum absolute atomic E-state index is 0. The average Bonchev–Trinajstić information content (AvgIpc) is 3.55. The van der Waals surface area contributed by atoms with E-state index in [9.17, 15) is 19.7 Å². The van der Waals surface area contributed by atoms with Crippen molar-refractivity contribution >= 4 is 50.2 Å². The molecule has 1 aliphatic heterocycles. The fourth-order valence-corrected chi connectivity index (χ4v) is 4.30. The molecule has 2 aliphatic rings. The molecular formula is C24H20N4O5Ru. The van der Waals surface area contributed by atoms with Gasteiger partial charge in [0.2, 0.25) is 0 Å². The first-order valence-electron chi connectivity index (χ1n) is 10.1. The smallest absolute Gasteiger partial charge is 0.358 e. The van der Waals surface area contributed by atoms with Crippen molar-refractivity contribution in [3.8, 4) is 0 Å². The maximum atomic E-state index is 12.4. The summed E-state index contributed by atoms with van der Waals surface area (Å²) >= 11 is 0.